The number of primary amides is 1. The van der Waals surface area contributed by atoms with E-state index in [0.29, 0.717) is 12.5 Å². The van der Waals surface area contributed by atoms with E-state index in [4.69, 9.17) is 5.73 Å². The SMILES string of the molecule is Cc1cccc([C@@H](CC(=O)NC[C@@H]2CCN(c3ccccc3)C2)NC(N)=O)c1. The van der Waals surface area contributed by atoms with Crippen LogP contribution in [0.15, 0.2) is 54.6 Å². The third-order valence-electron chi connectivity index (χ3n) is 5.15. The van der Waals surface area contributed by atoms with Gasteiger partial charge in [-0.15, -0.1) is 0 Å². The zero-order chi connectivity index (χ0) is 19.9. The van der Waals surface area contributed by atoms with Crippen LogP contribution in [-0.2, 0) is 4.79 Å². The molecule has 0 bridgehead atoms. The van der Waals surface area contributed by atoms with Gasteiger partial charge in [0.15, 0.2) is 0 Å². The molecule has 0 unspecified atom stereocenters. The van der Waals surface area contributed by atoms with Crippen molar-refractivity contribution in [3.8, 4) is 0 Å². The van der Waals surface area contributed by atoms with Crippen LogP contribution in [0.3, 0.4) is 0 Å². The predicted octanol–water partition coefficient (Wildman–Crippen LogP) is 2.74. The van der Waals surface area contributed by atoms with Crippen LogP contribution in [0.4, 0.5) is 10.5 Å². The highest BCUT2D eigenvalue weighted by Gasteiger charge is 2.24. The maximum absolute atomic E-state index is 12.5. The molecule has 28 heavy (non-hydrogen) atoms. The number of hydrogen-bond donors (Lipinski definition) is 3. The third kappa shape index (κ3) is 5.49. The van der Waals surface area contributed by atoms with Crippen molar-refractivity contribution in [1.82, 2.24) is 10.6 Å². The molecule has 1 saturated heterocycles. The van der Waals surface area contributed by atoms with E-state index < -0.39 is 12.1 Å². The Bertz CT molecular complexity index is 809. The molecule has 0 aliphatic carbocycles. The van der Waals surface area contributed by atoms with Crippen molar-refractivity contribution >= 4 is 17.6 Å². The first-order chi connectivity index (χ1) is 13.5. The molecule has 0 saturated carbocycles. The molecule has 1 heterocycles. The van der Waals surface area contributed by atoms with Gasteiger partial charge in [-0.05, 0) is 37.0 Å². The quantitative estimate of drug-likeness (QED) is 0.690. The molecule has 3 amide bonds. The highest BCUT2D eigenvalue weighted by atomic mass is 16.2. The van der Waals surface area contributed by atoms with Crippen LogP contribution in [0.5, 0.6) is 0 Å². The van der Waals surface area contributed by atoms with Gasteiger partial charge >= 0.3 is 6.03 Å². The Balaban J connectivity index is 1.51. The molecule has 1 fully saturated rings. The van der Waals surface area contributed by atoms with Crippen molar-refractivity contribution in [2.45, 2.75) is 25.8 Å². The molecule has 0 radical (unpaired) electrons. The lowest BCUT2D eigenvalue weighted by atomic mass is 10.0. The van der Waals surface area contributed by atoms with E-state index in [0.717, 1.165) is 30.6 Å². The lowest BCUT2D eigenvalue weighted by Gasteiger charge is -2.20. The Kier molecular flexibility index (Phi) is 6.53. The zero-order valence-corrected chi connectivity index (χ0v) is 16.2. The van der Waals surface area contributed by atoms with Gasteiger partial charge in [-0.25, -0.2) is 4.79 Å². The van der Waals surface area contributed by atoms with E-state index in [1.807, 2.05) is 49.4 Å². The molecule has 0 aromatic heterocycles. The van der Waals surface area contributed by atoms with Gasteiger partial charge in [-0.1, -0.05) is 48.0 Å². The van der Waals surface area contributed by atoms with E-state index in [1.54, 1.807) is 0 Å². The first kappa shape index (κ1) is 19.7. The van der Waals surface area contributed by atoms with Crippen molar-refractivity contribution in [1.29, 1.82) is 0 Å². The summed E-state index contributed by atoms with van der Waals surface area (Å²) >= 11 is 0. The number of carbonyl (C=O) groups is 2. The van der Waals surface area contributed by atoms with E-state index in [9.17, 15) is 9.59 Å². The molecular weight excluding hydrogens is 352 g/mol. The molecule has 6 heteroatoms. The molecule has 6 nitrogen and oxygen atoms in total. The molecule has 2 aromatic rings. The fourth-order valence-electron chi connectivity index (χ4n) is 3.70. The predicted molar refractivity (Wildman–Crippen MR) is 111 cm³/mol. The Morgan fingerprint density at radius 3 is 2.68 bits per heavy atom. The summed E-state index contributed by atoms with van der Waals surface area (Å²) in [6.45, 7) is 4.55. The molecule has 1 aliphatic heterocycles. The average molecular weight is 380 g/mol. The Morgan fingerprint density at radius 2 is 1.96 bits per heavy atom. The third-order valence-corrected chi connectivity index (χ3v) is 5.15. The topological polar surface area (TPSA) is 87.5 Å². The average Bonchev–Trinajstić information content (AvgIpc) is 3.15. The van der Waals surface area contributed by atoms with Crippen molar-refractivity contribution in [2.24, 2.45) is 11.7 Å². The monoisotopic (exact) mass is 380 g/mol. The number of nitrogens with one attached hydrogen (secondary N) is 2. The van der Waals surface area contributed by atoms with Crippen molar-refractivity contribution in [3.05, 3.63) is 65.7 Å². The van der Waals surface area contributed by atoms with Crippen molar-refractivity contribution < 1.29 is 9.59 Å². The number of nitrogens with two attached hydrogens (primary N) is 1. The minimum atomic E-state index is -0.631. The Hall–Kier alpha value is -3.02. The van der Waals surface area contributed by atoms with Crippen LogP contribution in [0.1, 0.15) is 30.0 Å². The summed E-state index contributed by atoms with van der Waals surface area (Å²) in [6, 6.07) is 17.0. The maximum Gasteiger partial charge on any atom is 0.312 e. The Morgan fingerprint density at radius 1 is 1.18 bits per heavy atom. The summed E-state index contributed by atoms with van der Waals surface area (Å²) in [5.41, 5.74) is 8.48. The van der Waals surface area contributed by atoms with Crippen LogP contribution in [0, 0.1) is 12.8 Å². The van der Waals surface area contributed by atoms with Crippen LogP contribution < -0.4 is 21.3 Å². The molecule has 2 atom stereocenters. The molecule has 148 valence electrons. The molecule has 4 N–H and O–H groups in total. The maximum atomic E-state index is 12.5. The van der Waals surface area contributed by atoms with E-state index in [2.05, 4.69) is 27.7 Å². The van der Waals surface area contributed by atoms with Gasteiger partial charge in [0.1, 0.15) is 0 Å². The van der Waals surface area contributed by atoms with Crippen LogP contribution in [0.25, 0.3) is 0 Å². The summed E-state index contributed by atoms with van der Waals surface area (Å²) < 4.78 is 0. The smallest absolute Gasteiger partial charge is 0.312 e. The summed E-state index contributed by atoms with van der Waals surface area (Å²) in [4.78, 5) is 26.2. The standard InChI is InChI=1S/C22H28N4O2/c1-16-6-5-7-18(12-16)20(25-22(23)28)13-21(27)24-14-17-10-11-26(15-17)19-8-3-2-4-9-19/h2-9,12,17,20H,10-11,13-15H2,1H3,(H,24,27)(H3,23,25,28)/t17-,20+/m0/s1. The fourth-order valence-corrected chi connectivity index (χ4v) is 3.70. The van der Waals surface area contributed by atoms with Gasteiger partial charge < -0.3 is 21.3 Å². The summed E-state index contributed by atoms with van der Waals surface area (Å²) in [5, 5.41) is 5.71. The fraction of sp³-hybridized carbons (Fsp3) is 0.364. The number of carbonyl (C=O) groups excluding carboxylic acids is 2. The number of aryl methyl sites for hydroxylation is 1. The lowest BCUT2D eigenvalue weighted by molar-refractivity contribution is -0.121. The molecular formula is C22H28N4O2. The Labute approximate surface area is 166 Å². The zero-order valence-electron chi connectivity index (χ0n) is 16.2. The van der Waals surface area contributed by atoms with E-state index in [-0.39, 0.29) is 12.3 Å². The van der Waals surface area contributed by atoms with Crippen LogP contribution in [-0.4, -0.2) is 31.6 Å². The minimum Gasteiger partial charge on any atom is -0.371 e. The van der Waals surface area contributed by atoms with Gasteiger partial charge in [0.05, 0.1) is 12.5 Å². The summed E-state index contributed by atoms with van der Waals surface area (Å²) in [7, 11) is 0. The van der Waals surface area contributed by atoms with Crippen LogP contribution >= 0.6 is 0 Å². The molecule has 2 aromatic carbocycles. The second-order valence-electron chi connectivity index (χ2n) is 7.42. The van der Waals surface area contributed by atoms with Crippen LogP contribution in [0.2, 0.25) is 0 Å². The highest BCUT2D eigenvalue weighted by molar-refractivity contribution is 5.78. The lowest BCUT2D eigenvalue weighted by Crippen LogP contribution is -2.38. The first-order valence-corrected chi connectivity index (χ1v) is 9.70. The number of hydrogen-bond acceptors (Lipinski definition) is 3. The van der Waals surface area contributed by atoms with Gasteiger partial charge in [0.2, 0.25) is 5.91 Å². The summed E-state index contributed by atoms with van der Waals surface area (Å²) in [5.74, 6) is 0.337. The van der Waals surface area contributed by atoms with Gasteiger partial charge in [0.25, 0.3) is 0 Å². The number of amides is 3. The van der Waals surface area contributed by atoms with E-state index in [1.165, 1.54) is 5.69 Å². The van der Waals surface area contributed by atoms with Crippen molar-refractivity contribution in [2.75, 3.05) is 24.5 Å². The molecule has 3 rings (SSSR count). The molecule has 0 spiro atoms. The number of para-hydroxylation sites is 1. The number of anilines is 1. The highest BCUT2D eigenvalue weighted by Crippen LogP contribution is 2.23. The normalized spacial score (nSPS) is 17.2. The number of urea groups is 1. The van der Waals surface area contributed by atoms with Crippen molar-refractivity contribution in [3.63, 3.8) is 0 Å². The first-order valence-electron chi connectivity index (χ1n) is 9.70. The van der Waals surface area contributed by atoms with Gasteiger partial charge in [-0.2, -0.15) is 0 Å². The van der Waals surface area contributed by atoms with Gasteiger partial charge in [-0.3, -0.25) is 4.79 Å². The largest absolute Gasteiger partial charge is 0.371 e. The molecule has 1 aliphatic rings. The number of benzene rings is 2. The summed E-state index contributed by atoms with van der Waals surface area (Å²) in [6.07, 6.45) is 1.22. The van der Waals surface area contributed by atoms with E-state index >= 15 is 0 Å². The second kappa shape index (κ2) is 9.26. The minimum absolute atomic E-state index is 0.0848. The number of nitrogens with zero attached hydrogens (tertiary/aromatic N) is 1. The number of rotatable bonds is 7. The van der Waals surface area contributed by atoms with Gasteiger partial charge in [0, 0.05) is 25.3 Å². The second-order valence-corrected chi connectivity index (χ2v) is 7.42.